The summed E-state index contributed by atoms with van der Waals surface area (Å²) in [4.78, 5) is 19.6. The molecule has 0 saturated heterocycles. The minimum atomic E-state index is -1.81. The molecule has 3 aromatic rings. The Labute approximate surface area is 160 Å². The van der Waals surface area contributed by atoms with E-state index in [4.69, 9.17) is 14.6 Å². The number of halogens is 1. The molecular weight excluding hydrogens is 365 g/mol. The van der Waals surface area contributed by atoms with Crippen LogP contribution in [0.25, 0.3) is 22.2 Å². The zero-order chi connectivity index (χ0) is 19.9. The van der Waals surface area contributed by atoms with Gasteiger partial charge < -0.3 is 24.9 Å². The predicted molar refractivity (Wildman–Crippen MR) is 102 cm³/mol. The largest absolute Gasteiger partial charge is 0.496 e. The van der Waals surface area contributed by atoms with E-state index in [2.05, 4.69) is 15.3 Å². The zero-order valence-electron chi connectivity index (χ0n) is 15.5. The van der Waals surface area contributed by atoms with Gasteiger partial charge in [-0.25, -0.2) is 9.37 Å². The van der Waals surface area contributed by atoms with Crippen LogP contribution in [-0.2, 0) is 4.79 Å². The maximum absolute atomic E-state index is 13.9. The molecular formula is C20H20FN3O4. The van der Waals surface area contributed by atoms with Crippen molar-refractivity contribution in [3.05, 3.63) is 36.5 Å². The molecule has 1 aromatic carbocycles. The number of anilines is 1. The van der Waals surface area contributed by atoms with E-state index >= 15 is 0 Å². The van der Waals surface area contributed by atoms with Crippen molar-refractivity contribution in [2.24, 2.45) is 5.92 Å². The molecule has 0 aliphatic heterocycles. The number of aliphatic hydroxyl groups is 1. The Hall–Kier alpha value is -3.13. The molecule has 28 heavy (non-hydrogen) atoms. The van der Waals surface area contributed by atoms with Crippen molar-refractivity contribution in [3.8, 4) is 22.6 Å². The highest BCUT2D eigenvalue weighted by Gasteiger charge is 2.59. The SMILES string of the molecule is COc1cccc(OC)c1-c1c[nH]c2nc(NC(=O)[C@H]3C[C@]3(F)CO)ccc12. The first-order chi connectivity index (χ1) is 13.5. The van der Waals surface area contributed by atoms with E-state index in [0.29, 0.717) is 23.0 Å². The number of fused-ring (bicyclic) bond motifs is 1. The van der Waals surface area contributed by atoms with Crippen molar-refractivity contribution in [3.63, 3.8) is 0 Å². The molecule has 1 saturated carbocycles. The Kier molecular flexibility index (Phi) is 4.43. The Morgan fingerprint density at radius 1 is 1.32 bits per heavy atom. The second-order valence-electron chi connectivity index (χ2n) is 6.77. The van der Waals surface area contributed by atoms with Gasteiger partial charge in [-0.05, 0) is 30.7 Å². The number of aromatic nitrogens is 2. The Morgan fingerprint density at radius 3 is 2.64 bits per heavy atom. The lowest BCUT2D eigenvalue weighted by Gasteiger charge is -2.12. The number of amides is 1. The number of alkyl halides is 1. The van der Waals surface area contributed by atoms with Crippen molar-refractivity contribution in [1.29, 1.82) is 0 Å². The second-order valence-corrected chi connectivity index (χ2v) is 6.77. The molecule has 2 heterocycles. The maximum atomic E-state index is 13.9. The molecule has 1 aliphatic rings. The molecule has 4 rings (SSSR count). The van der Waals surface area contributed by atoms with E-state index in [1.54, 1.807) is 26.5 Å². The zero-order valence-corrected chi connectivity index (χ0v) is 15.5. The van der Waals surface area contributed by atoms with Crippen LogP contribution in [-0.4, -0.2) is 47.5 Å². The number of aliphatic hydroxyl groups excluding tert-OH is 1. The van der Waals surface area contributed by atoms with Gasteiger partial charge >= 0.3 is 0 Å². The Balaban J connectivity index is 1.66. The van der Waals surface area contributed by atoms with Gasteiger partial charge in [0.25, 0.3) is 0 Å². The van der Waals surface area contributed by atoms with Gasteiger partial charge in [-0.2, -0.15) is 0 Å². The molecule has 0 radical (unpaired) electrons. The third-order valence-corrected chi connectivity index (χ3v) is 5.07. The number of pyridine rings is 1. The quantitative estimate of drug-likeness (QED) is 0.606. The molecule has 2 aromatic heterocycles. The first kappa shape index (κ1) is 18.2. The van der Waals surface area contributed by atoms with E-state index in [-0.39, 0.29) is 6.42 Å². The van der Waals surface area contributed by atoms with Gasteiger partial charge in [0, 0.05) is 17.1 Å². The third kappa shape index (κ3) is 2.95. The summed E-state index contributed by atoms with van der Waals surface area (Å²) in [6, 6.07) is 9.01. The number of ether oxygens (including phenoxy) is 2. The van der Waals surface area contributed by atoms with Crippen LogP contribution in [0.4, 0.5) is 10.2 Å². The van der Waals surface area contributed by atoms with Gasteiger partial charge in [0.05, 0.1) is 32.3 Å². The van der Waals surface area contributed by atoms with Crippen molar-refractivity contribution in [2.75, 3.05) is 26.1 Å². The van der Waals surface area contributed by atoms with Crippen LogP contribution in [0.1, 0.15) is 6.42 Å². The van der Waals surface area contributed by atoms with Crippen molar-refractivity contribution >= 4 is 22.8 Å². The summed E-state index contributed by atoms with van der Waals surface area (Å²) < 4.78 is 24.8. The van der Waals surface area contributed by atoms with E-state index in [1.165, 1.54) is 0 Å². The molecule has 2 atom stereocenters. The van der Waals surface area contributed by atoms with Crippen LogP contribution >= 0.6 is 0 Å². The molecule has 8 heteroatoms. The monoisotopic (exact) mass is 385 g/mol. The molecule has 0 unspecified atom stereocenters. The van der Waals surface area contributed by atoms with Gasteiger partial charge in [0.15, 0.2) is 0 Å². The number of carbonyl (C=O) groups is 1. The van der Waals surface area contributed by atoms with Crippen molar-refractivity contribution in [1.82, 2.24) is 9.97 Å². The fourth-order valence-corrected chi connectivity index (χ4v) is 3.39. The summed E-state index contributed by atoms with van der Waals surface area (Å²) in [5, 5.41) is 12.4. The van der Waals surface area contributed by atoms with Crippen LogP contribution in [0.15, 0.2) is 36.5 Å². The van der Waals surface area contributed by atoms with Crippen molar-refractivity contribution in [2.45, 2.75) is 12.1 Å². The third-order valence-electron chi connectivity index (χ3n) is 5.07. The minimum Gasteiger partial charge on any atom is -0.496 e. The number of H-pyrrole nitrogens is 1. The Bertz CT molecular complexity index is 1030. The highest BCUT2D eigenvalue weighted by molar-refractivity contribution is 5.99. The van der Waals surface area contributed by atoms with E-state index < -0.39 is 24.1 Å². The Morgan fingerprint density at radius 2 is 2.04 bits per heavy atom. The number of carbonyl (C=O) groups excluding carboxylic acids is 1. The normalized spacial score (nSPS) is 20.8. The lowest BCUT2D eigenvalue weighted by atomic mass is 10.0. The predicted octanol–water partition coefficient (Wildman–Crippen LogP) is 2.91. The molecule has 1 fully saturated rings. The number of benzene rings is 1. The summed E-state index contributed by atoms with van der Waals surface area (Å²) in [6.45, 7) is -0.654. The fourth-order valence-electron chi connectivity index (χ4n) is 3.39. The number of aromatic amines is 1. The molecule has 1 amide bonds. The first-order valence-electron chi connectivity index (χ1n) is 8.81. The molecule has 3 N–H and O–H groups in total. The van der Waals surface area contributed by atoms with Gasteiger partial charge in [-0.1, -0.05) is 6.07 Å². The summed E-state index contributed by atoms with van der Waals surface area (Å²) in [7, 11) is 3.18. The van der Waals surface area contributed by atoms with Crippen molar-refractivity contribution < 1.29 is 23.8 Å². The van der Waals surface area contributed by atoms with E-state index in [9.17, 15) is 9.18 Å². The smallest absolute Gasteiger partial charge is 0.232 e. The molecule has 0 spiro atoms. The average molecular weight is 385 g/mol. The van der Waals surface area contributed by atoms with Gasteiger partial charge in [-0.3, -0.25) is 4.79 Å². The minimum absolute atomic E-state index is 0.0256. The number of hydrogen-bond acceptors (Lipinski definition) is 5. The summed E-state index contributed by atoms with van der Waals surface area (Å²) in [5.74, 6) is 0.308. The van der Waals surface area contributed by atoms with Gasteiger partial charge in [0.2, 0.25) is 5.91 Å². The lowest BCUT2D eigenvalue weighted by Crippen LogP contribution is -2.22. The number of nitrogens with one attached hydrogen (secondary N) is 2. The van der Waals surface area contributed by atoms with Crippen LogP contribution in [0.3, 0.4) is 0 Å². The van der Waals surface area contributed by atoms with Gasteiger partial charge in [0.1, 0.15) is 28.6 Å². The number of methoxy groups -OCH3 is 2. The first-order valence-corrected chi connectivity index (χ1v) is 8.81. The van der Waals surface area contributed by atoms with Crippen LogP contribution in [0.2, 0.25) is 0 Å². The summed E-state index contributed by atoms with van der Waals surface area (Å²) >= 11 is 0. The average Bonchev–Trinajstić information content (AvgIpc) is 3.24. The molecule has 1 aliphatic carbocycles. The molecule has 0 bridgehead atoms. The van der Waals surface area contributed by atoms with E-state index in [1.807, 2.05) is 24.3 Å². The highest BCUT2D eigenvalue weighted by atomic mass is 19.1. The standard InChI is InChI=1S/C20H20FN3O4/c1-27-14-4-3-5-15(28-2)17(14)12-9-22-18-11(12)6-7-16(23-18)24-19(26)13-8-20(13,21)10-25/h3-7,9,13,25H,8,10H2,1-2H3,(H2,22,23,24,26)/t13-,20+/m1/s1. The van der Waals surface area contributed by atoms with E-state index in [0.717, 1.165) is 16.5 Å². The highest BCUT2D eigenvalue weighted by Crippen LogP contribution is 2.47. The topological polar surface area (TPSA) is 96.5 Å². The van der Waals surface area contributed by atoms with Gasteiger partial charge in [-0.15, -0.1) is 0 Å². The number of nitrogens with zero attached hydrogens (tertiary/aromatic N) is 1. The number of rotatable bonds is 6. The maximum Gasteiger partial charge on any atom is 0.232 e. The summed E-state index contributed by atoms with van der Waals surface area (Å²) in [5.41, 5.74) is 0.388. The molecule has 7 nitrogen and oxygen atoms in total. The van der Waals surface area contributed by atoms with Crippen LogP contribution in [0.5, 0.6) is 11.5 Å². The molecule has 146 valence electrons. The lowest BCUT2D eigenvalue weighted by molar-refractivity contribution is -0.118. The summed E-state index contributed by atoms with van der Waals surface area (Å²) in [6.07, 6.45) is 1.82. The second kappa shape index (κ2) is 6.79. The van der Waals surface area contributed by atoms with Crippen LogP contribution in [0, 0.1) is 5.92 Å². The fraction of sp³-hybridized carbons (Fsp3) is 0.300. The van der Waals surface area contributed by atoms with Crippen LogP contribution < -0.4 is 14.8 Å². The number of hydrogen-bond donors (Lipinski definition) is 3.